The fourth-order valence-electron chi connectivity index (χ4n) is 6.39. The molecule has 2 fully saturated rings. The van der Waals surface area contributed by atoms with Crippen LogP contribution in [0.25, 0.3) is 11.3 Å². The van der Waals surface area contributed by atoms with Crippen molar-refractivity contribution >= 4 is 33.4 Å². The molecule has 10 nitrogen and oxygen atoms in total. The lowest BCUT2D eigenvalue weighted by Crippen LogP contribution is -2.58. The van der Waals surface area contributed by atoms with Crippen molar-refractivity contribution in [2.75, 3.05) is 32.7 Å². The first-order valence-electron chi connectivity index (χ1n) is 16.0. The van der Waals surface area contributed by atoms with Gasteiger partial charge in [-0.3, -0.25) is 4.79 Å². The molecule has 2 aromatic heterocycles. The first kappa shape index (κ1) is 32.9. The largest absolute Gasteiger partial charge is 0.444 e. The highest BCUT2D eigenvalue weighted by Crippen LogP contribution is 2.34. The lowest BCUT2D eigenvalue weighted by atomic mass is 10.0. The first-order chi connectivity index (χ1) is 22.5. The monoisotopic (exact) mass is 675 g/mol. The molecule has 0 radical (unpaired) electrons. The van der Waals surface area contributed by atoms with E-state index in [0.29, 0.717) is 54.6 Å². The van der Waals surface area contributed by atoms with Gasteiger partial charge in [-0.15, -0.1) is 11.3 Å². The molecular formula is C35H41N5O5S2. The number of hydrogen-bond donors (Lipinski definition) is 0. The van der Waals surface area contributed by atoms with Crippen LogP contribution in [-0.4, -0.2) is 88.4 Å². The third-order valence-corrected chi connectivity index (χ3v) is 11.8. The molecule has 248 valence electrons. The summed E-state index contributed by atoms with van der Waals surface area (Å²) in [6.45, 7) is 7.26. The van der Waals surface area contributed by atoms with Crippen molar-refractivity contribution < 1.29 is 22.7 Å². The van der Waals surface area contributed by atoms with Crippen LogP contribution >= 0.6 is 11.3 Å². The first-order valence-corrected chi connectivity index (χ1v) is 18.3. The van der Waals surface area contributed by atoms with Crippen LogP contribution in [0.3, 0.4) is 0 Å². The van der Waals surface area contributed by atoms with E-state index in [1.54, 1.807) is 33.0 Å². The highest BCUT2D eigenvalue weighted by molar-refractivity contribution is 7.91. The molecule has 0 spiro atoms. The fraction of sp³-hybridized carbons (Fsp3) is 0.400. The van der Waals surface area contributed by atoms with Crippen LogP contribution in [0, 0.1) is 0 Å². The number of nitrogens with zero attached hydrogens (tertiary/aromatic N) is 5. The summed E-state index contributed by atoms with van der Waals surface area (Å²) in [5.74, 6) is -0.216. The Kier molecular flexibility index (Phi) is 9.54. The van der Waals surface area contributed by atoms with Crippen molar-refractivity contribution in [1.82, 2.24) is 23.7 Å². The summed E-state index contributed by atoms with van der Waals surface area (Å²) in [4.78, 5) is 35.9. The highest BCUT2D eigenvalue weighted by atomic mass is 32.2. The lowest BCUT2D eigenvalue weighted by molar-refractivity contribution is 0.00429. The van der Waals surface area contributed by atoms with E-state index in [9.17, 15) is 18.0 Å². The van der Waals surface area contributed by atoms with Gasteiger partial charge in [0.1, 0.15) is 9.81 Å². The molecule has 4 heterocycles. The van der Waals surface area contributed by atoms with Gasteiger partial charge in [-0.05, 0) is 57.0 Å². The van der Waals surface area contributed by atoms with E-state index in [4.69, 9.17) is 9.72 Å². The quantitative estimate of drug-likeness (QED) is 0.240. The summed E-state index contributed by atoms with van der Waals surface area (Å²) >= 11 is 1.22. The normalized spacial score (nSPS) is 19.5. The van der Waals surface area contributed by atoms with Gasteiger partial charge in [-0.1, -0.05) is 66.7 Å². The van der Waals surface area contributed by atoms with Gasteiger partial charge >= 0.3 is 6.09 Å². The van der Waals surface area contributed by atoms with Crippen LogP contribution in [0.5, 0.6) is 0 Å². The Balaban J connectivity index is 1.32. The summed E-state index contributed by atoms with van der Waals surface area (Å²) in [6, 6.07) is 22.5. The summed E-state index contributed by atoms with van der Waals surface area (Å²) in [5, 5.41) is 1.77. The maximum Gasteiger partial charge on any atom is 0.410 e. The minimum absolute atomic E-state index is 0.202. The predicted molar refractivity (Wildman–Crippen MR) is 182 cm³/mol. The molecule has 4 aromatic rings. The Morgan fingerprint density at radius 2 is 1.66 bits per heavy atom. The van der Waals surface area contributed by atoms with Crippen molar-refractivity contribution in [3.05, 3.63) is 95.8 Å². The summed E-state index contributed by atoms with van der Waals surface area (Å²) in [6.07, 6.45) is 3.30. The predicted octanol–water partition coefficient (Wildman–Crippen LogP) is 5.94. The van der Waals surface area contributed by atoms with Gasteiger partial charge in [0.2, 0.25) is 0 Å². The summed E-state index contributed by atoms with van der Waals surface area (Å²) in [5.41, 5.74) is 2.25. The third-order valence-electron chi connectivity index (χ3n) is 8.59. The molecule has 0 aliphatic carbocycles. The van der Waals surface area contributed by atoms with Crippen LogP contribution in [-0.2, 0) is 21.2 Å². The molecule has 2 amide bonds. The topological polar surface area (TPSA) is 105 Å². The van der Waals surface area contributed by atoms with Crippen molar-refractivity contribution in [2.45, 2.75) is 61.9 Å². The standard InChI is InChI=1S/C35H41N5O5S2/c1-35(2,3)45-34(42)37-19-20-39(29(23-37)22-26-12-6-4-7-13-26)33(41)31-32(27-14-8-5-9-15-27)40(25-36-31)28-16-10-18-38(24-28)47(43,44)30-17-11-21-46-30/h4-9,11-15,17,21,25,28-29H,10,16,18-20,22-24H2,1-3H3/t28?,29-/m1/s1. The maximum absolute atomic E-state index is 14.6. The number of sulfonamides is 1. The van der Waals surface area contributed by atoms with Gasteiger partial charge in [0.05, 0.1) is 18.1 Å². The van der Waals surface area contributed by atoms with Crippen molar-refractivity contribution in [1.29, 1.82) is 0 Å². The number of rotatable bonds is 7. The molecule has 0 saturated carbocycles. The second-order valence-electron chi connectivity index (χ2n) is 13.1. The number of benzene rings is 2. The minimum Gasteiger partial charge on any atom is -0.444 e. The van der Waals surface area contributed by atoms with Gasteiger partial charge < -0.3 is 19.1 Å². The summed E-state index contributed by atoms with van der Waals surface area (Å²) in [7, 11) is -3.62. The van der Waals surface area contributed by atoms with Crippen LogP contribution in [0.2, 0.25) is 0 Å². The zero-order chi connectivity index (χ0) is 33.2. The average Bonchev–Trinajstić information content (AvgIpc) is 3.77. The average molecular weight is 676 g/mol. The van der Waals surface area contributed by atoms with Gasteiger partial charge in [0.15, 0.2) is 5.69 Å². The van der Waals surface area contributed by atoms with E-state index in [1.807, 2.05) is 90.9 Å². The maximum atomic E-state index is 14.6. The number of carbonyl (C=O) groups excluding carboxylic acids is 2. The summed E-state index contributed by atoms with van der Waals surface area (Å²) < 4.78 is 36.5. The van der Waals surface area contributed by atoms with Crippen LogP contribution < -0.4 is 0 Å². The number of ether oxygens (including phenoxy) is 1. The van der Waals surface area contributed by atoms with E-state index < -0.39 is 21.7 Å². The zero-order valence-electron chi connectivity index (χ0n) is 27.0. The molecule has 12 heteroatoms. The van der Waals surface area contributed by atoms with E-state index in [1.165, 1.54) is 11.3 Å². The zero-order valence-corrected chi connectivity index (χ0v) is 28.6. The van der Waals surface area contributed by atoms with E-state index in [2.05, 4.69) is 0 Å². The van der Waals surface area contributed by atoms with E-state index in [-0.39, 0.29) is 24.5 Å². The highest BCUT2D eigenvalue weighted by Gasteiger charge is 2.38. The molecule has 47 heavy (non-hydrogen) atoms. The Morgan fingerprint density at radius 1 is 0.936 bits per heavy atom. The Bertz CT molecular complexity index is 1790. The third kappa shape index (κ3) is 7.29. The molecule has 2 aromatic carbocycles. The number of piperazine rings is 1. The molecular weight excluding hydrogens is 635 g/mol. The molecule has 2 saturated heterocycles. The lowest BCUT2D eigenvalue weighted by Gasteiger charge is -2.41. The van der Waals surface area contributed by atoms with Crippen molar-refractivity contribution in [3.8, 4) is 11.3 Å². The van der Waals surface area contributed by atoms with Crippen molar-refractivity contribution in [3.63, 3.8) is 0 Å². The minimum atomic E-state index is -3.62. The Labute approximate surface area is 280 Å². The number of carbonyl (C=O) groups is 2. The molecule has 2 aliphatic rings. The number of hydrogen-bond acceptors (Lipinski definition) is 7. The van der Waals surface area contributed by atoms with Gasteiger partial charge in [-0.2, -0.15) is 4.31 Å². The van der Waals surface area contributed by atoms with E-state index >= 15 is 0 Å². The Hall–Kier alpha value is -4.00. The van der Waals surface area contributed by atoms with E-state index in [0.717, 1.165) is 17.5 Å². The number of amides is 2. The molecule has 0 N–H and O–H groups in total. The number of thiophene rings is 1. The second-order valence-corrected chi connectivity index (χ2v) is 16.2. The van der Waals surface area contributed by atoms with Gasteiger partial charge in [0, 0.05) is 44.3 Å². The number of aromatic nitrogens is 2. The Morgan fingerprint density at radius 3 is 2.34 bits per heavy atom. The van der Waals surface area contributed by atoms with Crippen LogP contribution in [0.15, 0.2) is 88.7 Å². The van der Waals surface area contributed by atoms with Crippen LogP contribution in [0.4, 0.5) is 4.79 Å². The molecule has 2 atom stereocenters. The molecule has 6 rings (SSSR count). The number of imidazole rings is 1. The number of piperidine rings is 1. The molecule has 0 bridgehead atoms. The van der Waals surface area contributed by atoms with Crippen LogP contribution in [0.1, 0.15) is 55.7 Å². The fourth-order valence-corrected chi connectivity index (χ4v) is 9.05. The molecule has 2 aliphatic heterocycles. The second kappa shape index (κ2) is 13.6. The molecule has 1 unspecified atom stereocenters. The van der Waals surface area contributed by atoms with Crippen molar-refractivity contribution in [2.24, 2.45) is 0 Å². The SMILES string of the molecule is CC(C)(C)OC(=O)N1CCN(C(=O)c2ncn(C3CCCN(S(=O)(=O)c4cccs4)C3)c2-c2ccccc2)[C@H](Cc2ccccc2)C1. The van der Waals surface area contributed by atoms with Gasteiger partial charge in [0.25, 0.3) is 15.9 Å². The van der Waals surface area contributed by atoms with Gasteiger partial charge in [-0.25, -0.2) is 18.2 Å². The smallest absolute Gasteiger partial charge is 0.410 e.